The Balaban J connectivity index is 1.45. The van der Waals surface area contributed by atoms with Gasteiger partial charge in [0.2, 0.25) is 70.9 Å². The molecule has 1 heterocycles. The van der Waals surface area contributed by atoms with Gasteiger partial charge in [-0.3, -0.25) is 62.5 Å². The average Bonchev–Trinajstić information content (AvgIpc) is 1.81. The number of aliphatic hydroxyl groups excluding tert-OH is 1. The monoisotopic (exact) mass is 1500 g/mol. The molecule has 12 amide bonds. The Bertz CT molecular complexity index is 3460. The zero-order valence-electron chi connectivity index (χ0n) is 60.4. The molecule has 0 saturated carbocycles. The van der Waals surface area contributed by atoms with E-state index in [1.165, 1.54) is 51.9 Å². The molecular weight excluding hydrogens is 1400 g/mol. The van der Waals surface area contributed by atoms with Crippen LogP contribution >= 0.6 is 25.3 Å². The quantitative estimate of drug-likeness (QED) is 0.0116. The number of carboxylic acids is 1. The highest BCUT2D eigenvalue weighted by Crippen LogP contribution is 2.23. The van der Waals surface area contributed by atoms with Crippen LogP contribution in [0, 0.1) is 5.92 Å². The maximum absolute atomic E-state index is 14.5. The number of phenols is 1. The van der Waals surface area contributed by atoms with E-state index in [0.717, 1.165) is 9.80 Å². The molecule has 35 heteroatoms. The number of thiol groups is 2. The standard InChI is InChI=1S/C70H105N17O16S2/c1-40(2)32-53(64(98)81-50(35-44-25-27-45(89)28-26-44)67(101)87-31-17-24-52(87)63(97)82-51(39-104)68(102)103)86(7)56(92)38-85(6)55(91)37-77-60(94)48(33-42-18-10-8-11-19-42)80-61(95)47(23-14-15-29-71)78-54(90)36-76-65(99)57(41(3)88)83-66(100)58(70(4,5)105)84-62(96)49(34-43-20-12-9-13-21-43)79-59(93)46(72)22-16-30-75-69(73)74/h8-13,18-21,25-28,40-41,46-53,57-58,88-89,104-105H,14-17,22-24,29-39,71-72H2,1-7H3,(H,76,99)(H,77,94)(H,78,90)(H,79,93)(H,80,95)(H,81,98)(H,82,97)(H,83,100)(H,84,96)(H,102,103)(H4,73,74,75)/t41-,46+,47+,48+,49+,50+,51+,52+,53+,57+,58-/m1/s1. The smallest absolute Gasteiger partial charge is 0.327 e. The van der Waals surface area contributed by atoms with Crippen LogP contribution in [0.15, 0.2) is 89.9 Å². The van der Waals surface area contributed by atoms with E-state index in [0.29, 0.717) is 42.4 Å². The number of nitrogens with zero attached hydrogens (tertiary/aromatic N) is 4. The van der Waals surface area contributed by atoms with Gasteiger partial charge in [-0.25, -0.2) is 4.79 Å². The van der Waals surface area contributed by atoms with Crippen LogP contribution in [-0.4, -0.2) is 243 Å². The van der Waals surface area contributed by atoms with E-state index in [1.807, 2.05) is 0 Å². The largest absolute Gasteiger partial charge is 0.508 e. The maximum Gasteiger partial charge on any atom is 0.327 e. The number of carbonyl (C=O) groups is 13. The summed E-state index contributed by atoms with van der Waals surface area (Å²) in [4.78, 5) is 187. The van der Waals surface area contributed by atoms with E-state index in [2.05, 4.69) is 78.1 Å². The molecule has 578 valence electrons. The number of aliphatic carboxylic acids is 1. The molecule has 0 radical (unpaired) electrons. The third-order valence-electron chi connectivity index (χ3n) is 17.2. The van der Waals surface area contributed by atoms with Gasteiger partial charge in [0.15, 0.2) is 5.96 Å². The first kappa shape index (κ1) is 87.8. The van der Waals surface area contributed by atoms with E-state index < -0.39 is 168 Å². The second kappa shape index (κ2) is 43.6. The highest BCUT2D eigenvalue weighted by atomic mass is 32.1. The molecule has 0 aromatic heterocycles. The lowest BCUT2D eigenvalue weighted by Gasteiger charge is -2.33. The number of hydrogen-bond donors (Lipinski definition) is 18. The minimum Gasteiger partial charge on any atom is -0.508 e. The number of hydrogen-bond acceptors (Lipinski definition) is 20. The van der Waals surface area contributed by atoms with Crippen molar-refractivity contribution < 1.29 is 77.6 Å². The summed E-state index contributed by atoms with van der Waals surface area (Å²) >= 11 is 8.60. The summed E-state index contributed by atoms with van der Waals surface area (Å²) in [6, 6.07) is 9.79. The van der Waals surface area contributed by atoms with Crippen molar-refractivity contribution in [2.24, 2.45) is 33.8 Å². The number of nitrogens with one attached hydrogen (secondary N) is 9. The van der Waals surface area contributed by atoms with Gasteiger partial charge >= 0.3 is 5.97 Å². The number of phenolic OH excluding ortho intramolecular Hbond substituents is 1. The van der Waals surface area contributed by atoms with Crippen molar-refractivity contribution in [2.75, 3.05) is 59.1 Å². The normalized spacial score (nSPS) is 15.6. The molecule has 1 saturated heterocycles. The third kappa shape index (κ3) is 29.8. The highest BCUT2D eigenvalue weighted by Gasteiger charge is 2.42. The van der Waals surface area contributed by atoms with Crippen LogP contribution in [0.4, 0.5) is 0 Å². The van der Waals surface area contributed by atoms with Crippen molar-refractivity contribution in [3.8, 4) is 5.75 Å². The first-order valence-corrected chi connectivity index (χ1v) is 35.7. The molecule has 1 aliphatic heterocycles. The molecule has 3 aromatic carbocycles. The van der Waals surface area contributed by atoms with E-state index in [-0.39, 0.29) is 88.0 Å². The van der Waals surface area contributed by atoms with Gasteiger partial charge in [0.05, 0.1) is 31.8 Å². The number of rotatable bonds is 43. The Kier molecular flexibility index (Phi) is 36.5. The second-order valence-electron chi connectivity index (χ2n) is 26.8. The molecule has 0 aliphatic carbocycles. The number of nitrogens with two attached hydrogens (primary N) is 4. The van der Waals surface area contributed by atoms with Crippen molar-refractivity contribution in [2.45, 2.75) is 177 Å². The maximum atomic E-state index is 14.5. The van der Waals surface area contributed by atoms with Crippen LogP contribution in [0.3, 0.4) is 0 Å². The van der Waals surface area contributed by atoms with Crippen LogP contribution < -0.4 is 70.8 Å². The molecule has 105 heavy (non-hydrogen) atoms. The molecule has 1 fully saturated rings. The van der Waals surface area contributed by atoms with Crippen LogP contribution in [0.25, 0.3) is 0 Å². The summed E-state index contributed by atoms with van der Waals surface area (Å²) in [5.74, 6) is -11.7. The van der Waals surface area contributed by atoms with E-state index in [1.54, 1.807) is 86.6 Å². The van der Waals surface area contributed by atoms with Crippen molar-refractivity contribution in [3.63, 3.8) is 0 Å². The third-order valence-corrected chi connectivity index (χ3v) is 17.8. The number of likely N-dealkylation sites (tertiary alicyclic amines) is 1. The number of carbonyl (C=O) groups excluding carboxylic acids is 12. The number of likely N-dealkylation sites (N-methyl/N-ethyl adjacent to an activating group) is 2. The highest BCUT2D eigenvalue weighted by molar-refractivity contribution is 7.81. The fourth-order valence-electron chi connectivity index (χ4n) is 11.2. The zero-order valence-corrected chi connectivity index (χ0v) is 62.2. The molecule has 20 N–H and O–H groups in total. The summed E-state index contributed by atoms with van der Waals surface area (Å²) < 4.78 is -1.35. The lowest BCUT2D eigenvalue weighted by Crippen LogP contribution is -2.63. The molecule has 0 spiro atoms. The van der Waals surface area contributed by atoms with Crippen LogP contribution in [0.1, 0.15) is 103 Å². The minimum atomic E-state index is -1.74. The fourth-order valence-corrected chi connectivity index (χ4v) is 11.7. The molecular formula is C70H105N17O16S2. The van der Waals surface area contributed by atoms with E-state index in [9.17, 15) is 77.6 Å². The summed E-state index contributed by atoms with van der Waals surface area (Å²) in [5, 5.41) is 53.5. The van der Waals surface area contributed by atoms with Crippen LogP contribution in [-0.2, 0) is 81.6 Å². The molecule has 0 unspecified atom stereocenters. The van der Waals surface area contributed by atoms with Gasteiger partial charge in [0, 0.05) is 56.9 Å². The van der Waals surface area contributed by atoms with Crippen molar-refractivity contribution in [1.29, 1.82) is 0 Å². The van der Waals surface area contributed by atoms with Crippen LogP contribution in [0.5, 0.6) is 5.75 Å². The number of aliphatic hydroxyl groups is 1. The van der Waals surface area contributed by atoms with Gasteiger partial charge < -0.3 is 101 Å². The Labute approximate surface area is 622 Å². The second-order valence-corrected chi connectivity index (χ2v) is 28.3. The topological polar surface area (TPSA) is 517 Å². The fraction of sp³-hybridized carbons (Fsp3) is 0.543. The Morgan fingerprint density at radius 2 is 1.19 bits per heavy atom. The molecule has 11 atom stereocenters. The zero-order chi connectivity index (χ0) is 78.3. The van der Waals surface area contributed by atoms with Gasteiger partial charge in [-0.15, -0.1) is 0 Å². The molecule has 1 aliphatic rings. The van der Waals surface area contributed by atoms with E-state index in [4.69, 9.17) is 22.9 Å². The minimum absolute atomic E-state index is 0.0110. The first-order valence-electron chi connectivity index (χ1n) is 34.6. The van der Waals surface area contributed by atoms with Crippen LogP contribution in [0.2, 0.25) is 0 Å². The molecule has 33 nitrogen and oxygen atoms in total. The van der Waals surface area contributed by atoms with Crippen molar-refractivity contribution >= 4 is 108 Å². The summed E-state index contributed by atoms with van der Waals surface area (Å²) in [7, 11) is 2.64. The number of benzene rings is 3. The van der Waals surface area contributed by atoms with E-state index >= 15 is 0 Å². The number of amides is 12. The summed E-state index contributed by atoms with van der Waals surface area (Å²) in [5.41, 5.74) is 24.5. The van der Waals surface area contributed by atoms with Gasteiger partial charge in [0.25, 0.3) is 0 Å². The van der Waals surface area contributed by atoms with Gasteiger partial charge in [-0.1, -0.05) is 86.6 Å². The number of guanidine groups is 1. The number of aromatic hydroxyl groups is 1. The summed E-state index contributed by atoms with van der Waals surface area (Å²) in [6.07, 6.45) is 0.0296. The SMILES string of the molecule is CC(C)C[C@@H](C(=O)N[C@@H](Cc1ccc(O)cc1)C(=O)N1CCC[C@H]1C(=O)N[C@@H](CS)C(=O)O)N(C)C(=O)CN(C)C(=O)CNC(=O)[C@H](Cc1ccccc1)NC(=O)[C@H](CCCCN)NC(=O)CNC(=O)[C@@H](NC(=O)[C@@H](NC(=O)[C@H](Cc1ccccc1)NC(=O)[C@@H](N)CCCN=C(N)N)C(C)(C)S)[C@@H](C)O. The van der Waals surface area contributed by atoms with Gasteiger partial charge in [0.1, 0.15) is 60.1 Å². The number of unbranched alkanes of at least 4 members (excludes halogenated alkanes) is 1. The average molecular weight is 1500 g/mol. The number of carboxylic acid groups (broad SMARTS) is 1. The van der Waals surface area contributed by atoms with Crippen molar-refractivity contribution in [3.05, 3.63) is 102 Å². The van der Waals surface area contributed by atoms with Gasteiger partial charge in [-0.2, -0.15) is 25.3 Å². The Morgan fingerprint density at radius 3 is 1.74 bits per heavy atom. The number of aliphatic imine (C=N–C) groups is 1. The lowest BCUT2D eigenvalue weighted by atomic mass is 9.99. The predicted molar refractivity (Wildman–Crippen MR) is 397 cm³/mol. The summed E-state index contributed by atoms with van der Waals surface area (Å²) in [6.45, 7) is 6.24. The molecule has 3 aromatic rings. The molecule has 0 bridgehead atoms. The molecule has 4 rings (SSSR count). The Morgan fingerprint density at radius 1 is 0.638 bits per heavy atom. The lowest BCUT2D eigenvalue weighted by molar-refractivity contribution is -0.146. The predicted octanol–water partition coefficient (Wildman–Crippen LogP) is -3.02. The van der Waals surface area contributed by atoms with Gasteiger partial charge in [-0.05, 0) is 113 Å². The first-order chi connectivity index (χ1) is 49.5. The van der Waals surface area contributed by atoms with Crippen molar-refractivity contribution in [1.82, 2.24) is 62.6 Å². The Hall–Kier alpha value is -9.58.